The summed E-state index contributed by atoms with van der Waals surface area (Å²) < 4.78 is 9.09. The highest BCUT2D eigenvalue weighted by Gasteiger charge is 2.23. The SMILES string of the molecule is COC(C)(CO)CNC(=O)c1cc(C)sn1. The summed E-state index contributed by atoms with van der Waals surface area (Å²) in [5, 5.41) is 11.8. The highest BCUT2D eigenvalue weighted by molar-refractivity contribution is 7.05. The van der Waals surface area contributed by atoms with Crippen molar-refractivity contribution in [3.8, 4) is 0 Å². The minimum absolute atomic E-state index is 0.153. The van der Waals surface area contributed by atoms with Crippen molar-refractivity contribution in [1.29, 1.82) is 0 Å². The molecule has 90 valence electrons. The Morgan fingerprint density at radius 1 is 1.75 bits per heavy atom. The number of hydrogen-bond acceptors (Lipinski definition) is 5. The fraction of sp³-hybridized carbons (Fsp3) is 0.600. The summed E-state index contributed by atoms with van der Waals surface area (Å²) in [6, 6.07) is 1.73. The van der Waals surface area contributed by atoms with Gasteiger partial charge < -0.3 is 15.2 Å². The molecule has 0 radical (unpaired) electrons. The van der Waals surface area contributed by atoms with Gasteiger partial charge in [-0.3, -0.25) is 4.79 Å². The molecule has 6 heteroatoms. The van der Waals surface area contributed by atoms with E-state index in [1.165, 1.54) is 18.6 Å². The molecular formula is C10H16N2O3S. The van der Waals surface area contributed by atoms with Crippen molar-refractivity contribution in [2.45, 2.75) is 19.4 Å². The zero-order valence-corrected chi connectivity index (χ0v) is 10.4. The highest BCUT2D eigenvalue weighted by Crippen LogP contribution is 2.09. The van der Waals surface area contributed by atoms with Gasteiger partial charge in [0.05, 0.1) is 6.61 Å². The van der Waals surface area contributed by atoms with Crippen LogP contribution >= 0.6 is 11.5 Å². The van der Waals surface area contributed by atoms with E-state index in [1.807, 2.05) is 6.92 Å². The van der Waals surface area contributed by atoms with Gasteiger partial charge in [-0.25, -0.2) is 0 Å². The van der Waals surface area contributed by atoms with E-state index in [0.717, 1.165) is 4.88 Å². The molecule has 1 heterocycles. The predicted molar refractivity (Wildman–Crippen MR) is 61.7 cm³/mol. The number of hydrogen-bond donors (Lipinski definition) is 2. The normalized spacial score (nSPS) is 14.5. The lowest BCUT2D eigenvalue weighted by molar-refractivity contribution is -0.0348. The molecule has 0 aromatic carbocycles. The van der Waals surface area contributed by atoms with Crippen molar-refractivity contribution in [2.75, 3.05) is 20.3 Å². The van der Waals surface area contributed by atoms with Crippen LogP contribution in [0, 0.1) is 6.92 Å². The number of aliphatic hydroxyl groups excluding tert-OH is 1. The monoisotopic (exact) mass is 244 g/mol. The summed E-state index contributed by atoms with van der Waals surface area (Å²) in [6.45, 7) is 3.70. The second-order valence-electron chi connectivity index (χ2n) is 3.82. The lowest BCUT2D eigenvalue weighted by Crippen LogP contribution is -2.44. The fourth-order valence-electron chi connectivity index (χ4n) is 1.02. The summed E-state index contributed by atoms with van der Waals surface area (Å²) in [4.78, 5) is 12.6. The Labute approximate surface area is 98.6 Å². The number of amides is 1. The van der Waals surface area contributed by atoms with Crippen molar-refractivity contribution >= 4 is 17.4 Å². The number of methoxy groups -OCH3 is 1. The second-order valence-corrected chi connectivity index (χ2v) is 4.83. The zero-order valence-electron chi connectivity index (χ0n) is 9.61. The number of aliphatic hydroxyl groups is 1. The zero-order chi connectivity index (χ0) is 12.2. The van der Waals surface area contributed by atoms with Gasteiger partial charge in [0, 0.05) is 18.5 Å². The molecule has 1 atom stereocenters. The van der Waals surface area contributed by atoms with Crippen molar-refractivity contribution < 1.29 is 14.6 Å². The molecule has 16 heavy (non-hydrogen) atoms. The Morgan fingerprint density at radius 3 is 2.88 bits per heavy atom. The van der Waals surface area contributed by atoms with E-state index in [4.69, 9.17) is 9.84 Å². The number of nitrogens with zero attached hydrogens (tertiary/aromatic N) is 1. The maximum Gasteiger partial charge on any atom is 0.271 e. The number of aryl methyl sites for hydroxylation is 1. The van der Waals surface area contributed by atoms with Gasteiger partial charge in [0.1, 0.15) is 11.3 Å². The first-order valence-corrected chi connectivity index (χ1v) is 5.65. The van der Waals surface area contributed by atoms with Gasteiger partial charge in [-0.15, -0.1) is 0 Å². The fourth-order valence-corrected chi connectivity index (χ4v) is 1.57. The Kier molecular flexibility index (Phi) is 4.40. The molecule has 5 nitrogen and oxygen atoms in total. The van der Waals surface area contributed by atoms with Crippen LogP contribution in [0.4, 0.5) is 0 Å². The van der Waals surface area contributed by atoms with E-state index in [1.54, 1.807) is 13.0 Å². The average Bonchev–Trinajstić information content (AvgIpc) is 2.72. The van der Waals surface area contributed by atoms with E-state index < -0.39 is 5.60 Å². The van der Waals surface area contributed by atoms with Crippen LogP contribution in [0.25, 0.3) is 0 Å². The lowest BCUT2D eigenvalue weighted by atomic mass is 10.1. The molecule has 0 aliphatic rings. The van der Waals surface area contributed by atoms with Gasteiger partial charge in [0.2, 0.25) is 0 Å². The van der Waals surface area contributed by atoms with Gasteiger partial charge in [-0.1, -0.05) is 0 Å². The Hall–Kier alpha value is -0.980. The maximum atomic E-state index is 11.6. The van der Waals surface area contributed by atoms with Gasteiger partial charge in [0.15, 0.2) is 0 Å². The minimum Gasteiger partial charge on any atom is -0.393 e. The van der Waals surface area contributed by atoms with Crippen molar-refractivity contribution in [3.63, 3.8) is 0 Å². The van der Waals surface area contributed by atoms with Crippen LogP contribution in [0.15, 0.2) is 6.07 Å². The standard InChI is InChI=1S/C10H16N2O3S/c1-7-4-8(12-16-7)9(14)11-5-10(2,6-13)15-3/h4,13H,5-6H2,1-3H3,(H,11,14). The van der Waals surface area contributed by atoms with E-state index >= 15 is 0 Å². The molecule has 0 saturated heterocycles. The first kappa shape index (κ1) is 13.1. The molecular weight excluding hydrogens is 228 g/mol. The average molecular weight is 244 g/mol. The Balaban J connectivity index is 2.53. The number of nitrogens with one attached hydrogen (secondary N) is 1. The highest BCUT2D eigenvalue weighted by atomic mass is 32.1. The van der Waals surface area contributed by atoms with Crippen LogP contribution in [0.1, 0.15) is 22.3 Å². The second kappa shape index (κ2) is 5.38. The molecule has 1 rings (SSSR count). The smallest absolute Gasteiger partial charge is 0.271 e. The summed E-state index contributed by atoms with van der Waals surface area (Å²) in [7, 11) is 1.50. The molecule has 0 fully saturated rings. The van der Waals surface area contributed by atoms with Crippen LogP contribution in [-0.2, 0) is 4.74 Å². The molecule has 1 amide bonds. The lowest BCUT2D eigenvalue weighted by Gasteiger charge is -2.25. The number of carbonyl (C=O) groups excluding carboxylic acids is 1. The van der Waals surface area contributed by atoms with Crippen LogP contribution < -0.4 is 5.32 Å². The molecule has 0 saturated carbocycles. The molecule has 0 spiro atoms. The van der Waals surface area contributed by atoms with Crippen LogP contribution in [0.3, 0.4) is 0 Å². The predicted octanol–water partition coefficient (Wildman–Crippen LogP) is 0.579. The van der Waals surface area contributed by atoms with Crippen LogP contribution in [0.2, 0.25) is 0 Å². The maximum absolute atomic E-state index is 11.6. The van der Waals surface area contributed by atoms with Gasteiger partial charge in [-0.05, 0) is 31.4 Å². The number of ether oxygens (including phenoxy) is 1. The molecule has 1 aromatic rings. The summed E-state index contributed by atoms with van der Waals surface area (Å²) in [5.74, 6) is -0.249. The van der Waals surface area contributed by atoms with E-state index in [-0.39, 0.29) is 19.1 Å². The molecule has 1 unspecified atom stereocenters. The number of carbonyl (C=O) groups is 1. The Bertz CT molecular complexity index is 361. The van der Waals surface area contributed by atoms with Crippen LogP contribution in [0.5, 0.6) is 0 Å². The molecule has 0 bridgehead atoms. The largest absolute Gasteiger partial charge is 0.393 e. The molecule has 2 N–H and O–H groups in total. The van der Waals surface area contributed by atoms with Gasteiger partial charge in [-0.2, -0.15) is 4.37 Å². The minimum atomic E-state index is -0.749. The van der Waals surface area contributed by atoms with Crippen LogP contribution in [-0.4, -0.2) is 41.2 Å². The van der Waals surface area contributed by atoms with Crippen molar-refractivity contribution in [1.82, 2.24) is 9.69 Å². The van der Waals surface area contributed by atoms with E-state index in [9.17, 15) is 4.79 Å². The summed E-state index contributed by atoms with van der Waals surface area (Å²) in [5.41, 5.74) is -0.348. The number of rotatable bonds is 5. The van der Waals surface area contributed by atoms with Gasteiger partial charge in [0.25, 0.3) is 5.91 Å². The molecule has 1 aromatic heterocycles. The summed E-state index contributed by atoms with van der Waals surface area (Å²) in [6.07, 6.45) is 0. The van der Waals surface area contributed by atoms with Crippen molar-refractivity contribution in [3.05, 3.63) is 16.6 Å². The first-order valence-electron chi connectivity index (χ1n) is 4.88. The quantitative estimate of drug-likeness (QED) is 0.794. The molecule has 0 aliphatic heterocycles. The third kappa shape index (κ3) is 3.26. The Morgan fingerprint density at radius 2 is 2.44 bits per heavy atom. The topological polar surface area (TPSA) is 71.5 Å². The number of aromatic nitrogens is 1. The summed E-state index contributed by atoms with van der Waals surface area (Å²) >= 11 is 1.29. The van der Waals surface area contributed by atoms with E-state index in [0.29, 0.717) is 5.69 Å². The van der Waals surface area contributed by atoms with E-state index in [2.05, 4.69) is 9.69 Å². The van der Waals surface area contributed by atoms with Crippen molar-refractivity contribution in [2.24, 2.45) is 0 Å². The third-order valence-electron chi connectivity index (χ3n) is 2.31. The van der Waals surface area contributed by atoms with Gasteiger partial charge >= 0.3 is 0 Å². The molecule has 0 aliphatic carbocycles. The first-order chi connectivity index (χ1) is 7.50. The third-order valence-corrected chi connectivity index (χ3v) is 3.00.